The van der Waals surface area contributed by atoms with Crippen LogP contribution in [-0.2, 0) is 9.47 Å². The number of hydrogen-bond acceptors (Lipinski definition) is 7. The van der Waals surface area contributed by atoms with Gasteiger partial charge in [-0.1, -0.05) is 17.2 Å². The Balaban J connectivity index is 2.01. The van der Waals surface area contributed by atoms with Crippen LogP contribution in [0, 0.1) is 17.5 Å². The van der Waals surface area contributed by atoms with Crippen molar-refractivity contribution < 1.29 is 27.1 Å². The molecule has 0 spiro atoms. The van der Waals surface area contributed by atoms with Gasteiger partial charge in [0.2, 0.25) is 0 Å². The van der Waals surface area contributed by atoms with Crippen molar-refractivity contribution in [2.24, 2.45) is 0 Å². The van der Waals surface area contributed by atoms with E-state index in [1.54, 1.807) is 13.0 Å². The van der Waals surface area contributed by atoms with Gasteiger partial charge < -0.3 is 24.1 Å². The van der Waals surface area contributed by atoms with Crippen molar-refractivity contribution in [3.63, 3.8) is 0 Å². The number of anilines is 3. The van der Waals surface area contributed by atoms with Crippen molar-refractivity contribution in [2.75, 3.05) is 37.5 Å². The normalized spacial score (nSPS) is 11.2. The van der Waals surface area contributed by atoms with Crippen LogP contribution in [0.3, 0.4) is 0 Å². The molecule has 3 aromatic rings. The van der Waals surface area contributed by atoms with Gasteiger partial charge in [0.25, 0.3) is 5.89 Å². The fourth-order valence-corrected chi connectivity index (χ4v) is 2.93. The number of para-hydroxylation sites is 1. The molecule has 30 heavy (non-hydrogen) atoms. The molecule has 2 aromatic carbocycles. The maximum absolute atomic E-state index is 14.9. The second-order valence-electron chi connectivity index (χ2n) is 6.15. The highest BCUT2D eigenvalue weighted by molar-refractivity contribution is 5.79. The third kappa shape index (κ3) is 4.39. The van der Waals surface area contributed by atoms with E-state index in [-0.39, 0.29) is 41.9 Å². The number of nitrogens with one attached hydrogen (secondary N) is 1. The number of benzene rings is 2. The lowest BCUT2D eigenvalue weighted by Gasteiger charge is -2.26. The molecule has 0 aliphatic carbocycles. The number of nitrogens with zero attached hydrogens (tertiary/aromatic N) is 3. The lowest BCUT2D eigenvalue weighted by Crippen LogP contribution is -2.23. The molecule has 0 aliphatic heterocycles. The van der Waals surface area contributed by atoms with Gasteiger partial charge in [0.05, 0.1) is 23.5 Å². The van der Waals surface area contributed by atoms with E-state index in [1.165, 1.54) is 43.4 Å². The second-order valence-corrected chi connectivity index (χ2v) is 6.15. The van der Waals surface area contributed by atoms with Crippen molar-refractivity contribution in [1.29, 1.82) is 0 Å². The van der Waals surface area contributed by atoms with E-state index in [9.17, 15) is 13.2 Å². The van der Waals surface area contributed by atoms with Crippen molar-refractivity contribution in [3.05, 3.63) is 53.8 Å². The Morgan fingerprint density at radius 1 is 1.03 bits per heavy atom. The fourth-order valence-electron chi connectivity index (χ4n) is 2.93. The standard InChI is InChI=1S/C20H21F3N4O3/c1-4-27(15-8-6-5-7-13(15)21)18-12(9-10-14(22)17(18)23)19-25-26-20(30-19)24-11-16(28-2)29-3/h5-10,16H,4,11H2,1-3H3,(H,24,26). The quantitative estimate of drug-likeness (QED) is 0.514. The third-order valence-corrected chi connectivity index (χ3v) is 4.40. The molecule has 0 fully saturated rings. The first kappa shape index (κ1) is 21.6. The van der Waals surface area contributed by atoms with Crippen LogP contribution in [0.25, 0.3) is 11.5 Å². The Morgan fingerprint density at radius 3 is 2.43 bits per heavy atom. The molecule has 0 amide bonds. The smallest absolute Gasteiger partial charge is 0.315 e. The number of methoxy groups -OCH3 is 2. The van der Waals surface area contributed by atoms with Crippen LogP contribution in [0.15, 0.2) is 40.8 Å². The topological polar surface area (TPSA) is 72.7 Å². The molecule has 1 heterocycles. The lowest BCUT2D eigenvalue weighted by atomic mass is 10.1. The van der Waals surface area contributed by atoms with Gasteiger partial charge in [-0.25, -0.2) is 13.2 Å². The molecule has 1 aromatic heterocycles. The fraction of sp³-hybridized carbons (Fsp3) is 0.300. The Morgan fingerprint density at radius 2 is 1.77 bits per heavy atom. The van der Waals surface area contributed by atoms with Crippen LogP contribution in [0.1, 0.15) is 6.92 Å². The van der Waals surface area contributed by atoms with Crippen molar-refractivity contribution in [1.82, 2.24) is 10.2 Å². The molecular formula is C20H21F3N4O3. The molecule has 0 saturated heterocycles. The second kappa shape index (κ2) is 9.59. The van der Waals surface area contributed by atoms with Gasteiger partial charge in [-0.15, -0.1) is 5.10 Å². The molecule has 160 valence electrons. The van der Waals surface area contributed by atoms with E-state index in [4.69, 9.17) is 13.9 Å². The summed E-state index contributed by atoms with van der Waals surface area (Å²) >= 11 is 0. The van der Waals surface area contributed by atoms with E-state index >= 15 is 0 Å². The highest BCUT2D eigenvalue weighted by atomic mass is 19.2. The predicted molar refractivity (Wildman–Crippen MR) is 105 cm³/mol. The van der Waals surface area contributed by atoms with Crippen molar-refractivity contribution in [3.8, 4) is 11.5 Å². The minimum atomic E-state index is -1.15. The molecule has 0 atom stereocenters. The van der Waals surface area contributed by atoms with Crippen LogP contribution in [-0.4, -0.2) is 43.8 Å². The van der Waals surface area contributed by atoms with Crippen LogP contribution in [0.2, 0.25) is 0 Å². The number of halogens is 3. The maximum atomic E-state index is 14.9. The predicted octanol–water partition coefficient (Wildman–Crippen LogP) is 4.34. The molecule has 0 aliphatic rings. The van der Waals surface area contributed by atoms with Gasteiger partial charge in [0, 0.05) is 20.8 Å². The highest BCUT2D eigenvalue weighted by Gasteiger charge is 2.25. The van der Waals surface area contributed by atoms with Gasteiger partial charge in [-0.05, 0) is 31.2 Å². The Labute approximate surface area is 171 Å². The molecule has 0 radical (unpaired) electrons. The summed E-state index contributed by atoms with van der Waals surface area (Å²) in [6.45, 7) is 2.07. The zero-order valence-corrected chi connectivity index (χ0v) is 16.7. The zero-order valence-electron chi connectivity index (χ0n) is 16.7. The summed E-state index contributed by atoms with van der Waals surface area (Å²) in [5, 5.41) is 10.6. The lowest BCUT2D eigenvalue weighted by molar-refractivity contribution is -0.0916. The molecule has 3 rings (SSSR count). The van der Waals surface area contributed by atoms with Crippen LogP contribution in [0.5, 0.6) is 0 Å². The molecule has 0 bridgehead atoms. The minimum absolute atomic E-state index is 0.0359. The zero-order chi connectivity index (χ0) is 21.7. The monoisotopic (exact) mass is 422 g/mol. The van der Waals surface area contributed by atoms with Crippen LogP contribution in [0.4, 0.5) is 30.6 Å². The molecule has 0 unspecified atom stereocenters. The van der Waals surface area contributed by atoms with Crippen LogP contribution < -0.4 is 10.2 Å². The molecule has 0 saturated carbocycles. The summed E-state index contributed by atoms with van der Waals surface area (Å²) in [6.07, 6.45) is -0.546. The Kier molecular flexibility index (Phi) is 6.91. The van der Waals surface area contributed by atoms with Gasteiger partial charge in [-0.3, -0.25) is 0 Å². The van der Waals surface area contributed by atoms with Crippen LogP contribution >= 0.6 is 0 Å². The first-order valence-corrected chi connectivity index (χ1v) is 9.13. The van der Waals surface area contributed by atoms with E-state index in [2.05, 4.69) is 15.5 Å². The van der Waals surface area contributed by atoms with Gasteiger partial charge in [-0.2, -0.15) is 0 Å². The number of hydrogen-bond donors (Lipinski definition) is 1. The van der Waals surface area contributed by atoms with Crippen molar-refractivity contribution in [2.45, 2.75) is 13.2 Å². The SMILES string of the molecule is CCN(c1ccccc1F)c1c(-c2nnc(NCC(OC)OC)o2)ccc(F)c1F. The number of ether oxygens (including phenoxy) is 2. The average molecular weight is 422 g/mol. The Bertz CT molecular complexity index is 995. The summed E-state index contributed by atoms with van der Waals surface area (Å²) in [4.78, 5) is 1.31. The van der Waals surface area contributed by atoms with E-state index < -0.39 is 23.7 Å². The summed E-state index contributed by atoms with van der Waals surface area (Å²) < 4.78 is 59.0. The summed E-state index contributed by atoms with van der Waals surface area (Å²) in [5.41, 5.74) is 0.00527. The summed E-state index contributed by atoms with van der Waals surface area (Å²) in [6, 6.07) is 8.13. The van der Waals surface area contributed by atoms with E-state index in [1.807, 2.05) is 0 Å². The molecule has 7 nitrogen and oxygen atoms in total. The minimum Gasteiger partial charge on any atom is -0.403 e. The largest absolute Gasteiger partial charge is 0.403 e. The summed E-state index contributed by atoms with van der Waals surface area (Å²) in [5.74, 6) is -2.87. The van der Waals surface area contributed by atoms with Gasteiger partial charge in [0.1, 0.15) is 5.82 Å². The average Bonchev–Trinajstić information content (AvgIpc) is 3.22. The van der Waals surface area contributed by atoms with Gasteiger partial charge >= 0.3 is 6.01 Å². The number of rotatable bonds is 9. The highest BCUT2D eigenvalue weighted by Crippen LogP contribution is 2.38. The third-order valence-electron chi connectivity index (χ3n) is 4.40. The van der Waals surface area contributed by atoms with Crippen molar-refractivity contribution >= 4 is 17.4 Å². The summed E-state index contributed by atoms with van der Waals surface area (Å²) in [7, 11) is 2.95. The maximum Gasteiger partial charge on any atom is 0.315 e. The molecule has 1 N–H and O–H groups in total. The van der Waals surface area contributed by atoms with E-state index in [0.29, 0.717) is 0 Å². The first-order chi connectivity index (χ1) is 14.5. The number of aromatic nitrogens is 2. The molecule has 10 heteroatoms. The Hall–Kier alpha value is -3.11. The van der Waals surface area contributed by atoms with E-state index in [0.717, 1.165) is 6.07 Å². The molecular weight excluding hydrogens is 401 g/mol. The van der Waals surface area contributed by atoms with Gasteiger partial charge in [0.15, 0.2) is 17.9 Å². The first-order valence-electron chi connectivity index (χ1n) is 9.13.